The number of likely N-dealkylation sites (tertiary alicyclic amines) is 1. The van der Waals surface area contributed by atoms with Gasteiger partial charge in [-0.2, -0.15) is 0 Å². The Kier molecular flexibility index (Phi) is 4.02. The molecule has 0 saturated carbocycles. The maximum Gasteiger partial charge on any atom is 0.254 e. The average molecular weight is 315 g/mol. The van der Waals surface area contributed by atoms with Gasteiger partial charge >= 0.3 is 0 Å². The van der Waals surface area contributed by atoms with Gasteiger partial charge in [-0.05, 0) is 30.5 Å². The number of amides is 1. The van der Waals surface area contributed by atoms with Crippen LogP contribution in [0.4, 0.5) is 4.39 Å². The van der Waals surface area contributed by atoms with Crippen molar-refractivity contribution in [3.8, 4) is 0 Å². The van der Waals surface area contributed by atoms with E-state index in [1.54, 1.807) is 11.0 Å². The van der Waals surface area contributed by atoms with Gasteiger partial charge in [0.1, 0.15) is 5.82 Å². The molecule has 1 amide bonds. The molecule has 0 aliphatic carbocycles. The molecule has 0 radical (unpaired) electrons. The minimum Gasteiger partial charge on any atom is -0.338 e. The monoisotopic (exact) mass is 314 g/mol. The Morgan fingerprint density at radius 1 is 1.50 bits per heavy atom. The summed E-state index contributed by atoms with van der Waals surface area (Å²) < 4.78 is 13.9. The smallest absolute Gasteiger partial charge is 0.254 e. The minimum absolute atomic E-state index is 0.131. The molecule has 2 atom stereocenters. The number of hydrogen-bond acceptors (Lipinski definition) is 2. The van der Waals surface area contributed by atoms with E-state index in [9.17, 15) is 9.18 Å². The Balaban J connectivity index is 2.16. The van der Waals surface area contributed by atoms with Crippen LogP contribution in [0.3, 0.4) is 0 Å². The Morgan fingerprint density at radius 2 is 2.22 bits per heavy atom. The molecule has 3 nitrogen and oxygen atoms in total. The number of halogens is 2. The molecule has 2 unspecified atom stereocenters. The highest BCUT2D eigenvalue weighted by atomic mass is 79.9. The Hall–Kier alpha value is -0.940. The lowest BCUT2D eigenvalue weighted by Crippen LogP contribution is -2.48. The van der Waals surface area contributed by atoms with Crippen LogP contribution in [0.15, 0.2) is 22.7 Å². The lowest BCUT2D eigenvalue weighted by Gasteiger charge is -2.35. The van der Waals surface area contributed by atoms with Crippen LogP contribution < -0.4 is 5.73 Å². The summed E-state index contributed by atoms with van der Waals surface area (Å²) in [5, 5.41) is 0. The second-order valence-electron chi connectivity index (χ2n) is 4.84. The molecule has 5 heteroatoms. The molecule has 98 valence electrons. The predicted octanol–water partition coefficient (Wildman–Crippen LogP) is 2.40. The fourth-order valence-electron chi connectivity index (χ4n) is 2.21. The highest BCUT2D eigenvalue weighted by Gasteiger charge is 2.27. The van der Waals surface area contributed by atoms with Gasteiger partial charge in [-0.25, -0.2) is 4.39 Å². The first-order valence-corrected chi connectivity index (χ1v) is 6.77. The molecule has 0 bridgehead atoms. The molecule has 18 heavy (non-hydrogen) atoms. The first-order chi connectivity index (χ1) is 8.47. The van der Waals surface area contributed by atoms with Crippen LogP contribution in [-0.4, -0.2) is 29.9 Å². The second kappa shape index (κ2) is 5.36. The Bertz CT molecular complexity index is 446. The van der Waals surface area contributed by atoms with Gasteiger partial charge in [0.25, 0.3) is 5.91 Å². The second-order valence-corrected chi connectivity index (χ2v) is 5.75. The molecule has 1 aliphatic rings. The molecule has 1 heterocycles. The predicted molar refractivity (Wildman–Crippen MR) is 71.8 cm³/mol. The molecule has 1 fully saturated rings. The molecule has 0 aromatic heterocycles. The number of benzene rings is 1. The first-order valence-electron chi connectivity index (χ1n) is 5.98. The average Bonchev–Trinajstić information content (AvgIpc) is 2.30. The van der Waals surface area contributed by atoms with Gasteiger partial charge in [0.2, 0.25) is 0 Å². The summed E-state index contributed by atoms with van der Waals surface area (Å²) in [5.74, 6) is -0.261. The maximum absolute atomic E-state index is 13.3. The third kappa shape index (κ3) is 2.90. The molecule has 1 aliphatic heterocycles. The fourth-order valence-corrected chi connectivity index (χ4v) is 2.67. The van der Waals surface area contributed by atoms with Crippen molar-refractivity contribution in [2.45, 2.75) is 19.4 Å². The van der Waals surface area contributed by atoms with Gasteiger partial charge in [-0.15, -0.1) is 0 Å². The van der Waals surface area contributed by atoms with Crippen molar-refractivity contribution in [2.24, 2.45) is 11.7 Å². The van der Waals surface area contributed by atoms with Crippen LogP contribution in [-0.2, 0) is 0 Å². The summed E-state index contributed by atoms with van der Waals surface area (Å²) in [6.45, 7) is 3.30. The Morgan fingerprint density at radius 3 is 2.83 bits per heavy atom. The van der Waals surface area contributed by atoms with Crippen molar-refractivity contribution in [3.05, 3.63) is 34.1 Å². The third-order valence-electron chi connectivity index (χ3n) is 3.37. The molecule has 1 aromatic carbocycles. The summed E-state index contributed by atoms with van der Waals surface area (Å²) in [7, 11) is 0. The van der Waals surface area contributed by atoms with Crippen LogP contribution >= 0.6 is 15.9 Å². The van der Waals surface area contributed by atoms with Gasteiger partial charge in [-0.3, -0.25) is 4.79 Å². The van der Waals surface area contributed by atoms with E-state index in [0.29, 0.717) is 23.1 Å². The lowest BCUT2D eigenvalue weighted by molar-refractivity contribution is 0.0663. The van der Waals surface area contributed by atoms with Gasteiger partial charge in [0.15, 0.2) is 0 Å². The number of nitrogens with two attached hydrogens (primary N) is 1. The van der Waals surface area contributed by atoms with Crippen molar-refractivity contribution >= 4 is 21.8 Å². The molecule has 2 rings (SSSR count). The van der Waals surface area contributed by atoms with Crippen molar-refractivity contribution in [1.29, 1.82) is 0 Å². The van der Waals surface area contributed by atoms with E-state index in [1.807, 2.05) is 6.92 Å². The van der Waals surface area contributed by atoms with E-state index in [2.05, 4.69) is 15.9 Å². The maximum atomic E-state index is 13.3. The van der Waals surface area contributed by atoms with Crippen molar-refractivity contribution in [2.75, 3.05) is 13.1 Å². The van der Waals surface area contributed by atoms with Crippen LogP contribution in [0.25, 0.3) is 0 Å². The summed E-state index contributed by atoms with van der Waals surface area (Å²) >= 11 is 3.20. The van der Waals surface area contributed by atoms with E-state index >= 15 is 0 Å². The molecular formula is C13H16BrFN2O. The number of hydrogen-bond donors (Lipinski definition) is 1. The number of rotatable bonds is 1. The van der Waals surface area contributed by atoms with Gasteiger partial charge in [0.05, 0.1) is 0 Å². The van der Waals surface area contributed by atoms with Crippen molar-refractivity contribution in [1.82, 2.24) is 4.90 Å². The normalized spacial score (nSPS) is 24.1. The number of nitrogens with zero attached hydrogens (tertiary/aromatic N) is 1. The molecule has 2 N–H and O–H groups in total. The number of piperidine rings is 1. The minimum atomic E-state index is -0.408. The molecule has 0 spiro atoms. The number of carbonyl (C=O) groups is 1. The summed E-state index contributed by atoms with van der Waals surface area (Å²) in [5.41, 5.74) is 6.30. The number of carbonyl (C=O) groups excluding carboxylic acids is 1. The van der Waals surface area contributed by atoms with Crippen LogP contribution in [0.5, 0.6) is 0 Å². The summed E-state index contributed by atoms with van der Waals surface area (Å²) in [6, 6.07) is 4.40. The molecule has 1 aromatic rings. The zero-order chi connectivity index (χ0) is 13.3. The van der Waals surface area contributed by atoms with E-state index in [0.717, 1.165) is 6.42 Å². The van der Waals surface area contributed by atoms with E-state index in [4.69, 9.17) is 5.73 Å². The van der Waals surface area contributed by atoms with Crippen molar-refractivity contribution < 1.29 is 9.18 Å². The van der Waals surface area contributed by atoms with E-state index in [1.165, 1.54) is 12.1 Å². The summed E-state index contributed by atoms with van der Waals surface area (Å²) in [6.07, 6.45) is 0.795. The standard InChI is InChI=1S/C13H16BrFN2O/c1-8-7-17(3-2-12(8)16)13(18)9-4-10(14)6-11(15)5-9/h4-6,8,12H,2-3,7,16H2,1H3. The van der Waals surface area contributed by atoms with Crippen molar-refractivity contribution in [3.63, 3.8) is 0 Å². The largest absolute Gasteiger partial charge is 0.338 e. The van der Waals surface area contributed by atoms with Gasteiger partial charge < -0.3 is 10.6 Å². The quantitative estimate of drug-likeness (QED) is 0.865. The topological polar surface area (TPSA) is 46.3 Å². The van der Waals surface area contributed by atoms with Gasteiger partial charge in [0, 0.05) is 29.2 Å². The third-order valence-corrected chi connectivity index (χ3v) is 3.83. The molecular weight excluding hydrogens is 299 g/mol. The van der Waals surface area contributed by atoms with Crippen LogP contribution in [0, 0.1) is 11.7 Å². The van der Waals surface area contributed by atoms with Gasteiger partial charge in [-0.1, -0.05) is 22.9 Å². The van der Waals surface area contributed by atoms with E-state index in [-0.39, 0.29) is 17.9 Å². The van der Waals surface area contributed by atoms with E-state index < -0.39 is 5.82 Å². The zero-order valence-corrected chi connectivity index (χ0v) is 11.8. The summed E-state index contributed by atoms with van der Waals surface area (Å²) in [4.78, 5) is 14.0. The highest BCUT2D eigenvalue weighted by Crippen LogP contribution is 2.20. The lowest BCUT2D eigenvalue weighted by atomic mass is 9.94. The fraction of sp³-hybridized carbons (Fsp3) is 0.462. The van der Waals surface area contributed by atoms with Crippen LogP contribution in [0.2, 0.25) is 0 Å². The Labute approximate surface area is 114 Å². The SMILES string of the molecule is CC1CN(C(=O)c2cc(F)cc(Br)c2)CCC1N. The molecule has 1 saturated heterocycles. The first kappa shape index (κ1) is 13.5. The van der Waals surface area contributed by atoms with Crippen LogP contribution in [0.1, 0.15) is 23.7 Å². The zero-order valence-electron chi connectivity index (χ0n) is 10.2. The highest BCUT2D eigenvalue weighted by molar-refractivity contribution is 9.10.